The molecule has 3 heterocycles. The molecule has 2 aromatic heterocycles. The summed E-state index contributed by atoms with van der Waals surface area (Å²) in [5.74, 6) is -0.544. The molecule has 164 valence electrons. The van der Waals surface area contributed by atoms with Crippen LogP contribution in [0, 0.1) is 12.7 Å². The Morgan fingerprint density at radius 2 is 1.97 bits per heavy atom. The topological polar surface area (TPSA) is 84.1 Å². The van der Waals surface area contributed by atoms with E-state index >= 15 is 0 Å². The summed E-state index contributed by atoms with van der Waals surface area (Å²) in [7, 11) is 0. The van der Waals surface area contributed by atoms with E-state index in [1.54, 1.807) is 25.2 Å². The minimum Gasteiger partial charge on any atom is -0.384 e. The third-order valence-electron chi connectivity index (χ3n) is 5.71. The summed E-state index contributed by atoms with van der Waals surface area (Å²) in [6.07, 6.45) is 4.73. The number of hydrogen-bond donors (Lipinski definition) is 1. The van der Waals surface area contributed by atoms with Gasteiger partial charge in [-0.05, 0) is 52.7 Å². The Balaban J connectivity index is 1.64. The molecule has 31 heavy (non-hydrogen) atoms. The van der Waals surface area contributed by atoms with Gasteiger partial charge in [-0.2, -0.15) is 15.0 Å². The maximum absolute atomic E-state index is 13.9. The van der Waals surface area contributed by atoms with E-state index in [0.29, 0.717) is 23.5 Å². The molecule has 0 saturated carbocycles. The first-order valence-electron chi connectivity index (χ1n) is 10.3. The van der Waals surface area contributed by atoms with Crippen molar-refractivity contribution in [3.63, 3.8) is 0 Å². The zero-order valence-corrected chi connectivity index (χ0v) is 18.9. The van der Waals surface area contributed by atoms with Gasteiger partial charge in [-0.15, -0.1) is 11.3 Å². The molecule has 1 aliphatic heterocycles. The van der Waals surface area contributed by atoms with Crippen molar-refractivity contribution < 1.29 is 14.3 Å². The van der Waals surface area contributed by atoms with E-state index in [-0.39, 0.29) is 17.9 Å². The van der Waals surface area contributed by atoms with E-state index in [1.807, 2.05) is 18.7 Å². The summed E-state index contributed by atoms with van der Waals surface area (Å²) in [5, 5.41) is 19.5. The number of piperidine rings is 1. The number of rotatable bonds is 4. The molecule has 0 bridgehead atoms. The normalized spacial score (nSPS) is 19.6. The standard InChI is InChI=1S/C22H26FN5O2S/c1-13-5-6-15(20-26-19(14(2)31-20)22(3,4)30)12-27(13)21(29)17-8-7-16(23)11-18(17)28-24-9-10-25-28/h7-11,13,15,30H,5-6,12H2,1-4H3/t13-,15-/m1/s1. The smallest absolute Gasteiger partial charge is 0.256 e. The van der Waals surface area contributed by atoms with E-state index in [2.05, 4.69) is 10.2 Å². The van der Waals surface area contributed by atoms with Crippen molar-refractivity contribution in [3.8, 4) is 5.69 Å². The molecule has 1 amide bonds. The Morgan fingerprint density at radius 1 is 1.26 bits per heavy atom. The lowest BCUT2D eigenvalue weighted by atomic mass is 9.93. The number of halogens is 1. The number of aliphatic hydroxyl groups is 1. The Hall–Kier alpha value is -2.65. The van der Waals surface area contributed by atoms with Gasteiger partial charge in [0.25, 0.3) is 5.91 Å². The fourth-order valence-electron chi connectivity index (χ4n) is 4.10. The molecule has 0 radical (unpaired) electrons. The first-order chi connectivity index (χ1) is 14.6. The highest BCUT2D eigenvalue weighted by atomic mass is 32.1. The van der Waals surface area contributed by atoms with Crippen LogP contribution in [-0.4, -0.2) is 48.5 Å². The number of aromatic nitrogens is 4. The van der Waals surface area contributed by atoms with Gasteiger partial charge < -0.3 is 10.0 Å². The number of aryl methyl sites for hydroxylation is 1. The van der Waals surface area contributed by atoms with Crippen molar-refractivity contribution >= 4 is 17.2 Å². The molecule has 1 aliphatic rings. The first kappa shape index (κ1) is 21.6. The lowest BCUT2D eigenvalue weighted by Crippen LogP contribution is -2.45. The van der Waals surface area contributed by atoms with Gasteiger partial charge in [-0.1, -0.05) is 0 Å². The monoisotopic (exact) mass is 443 g/mol. The van der Waals surface area contributed by atoms with Crippen molar-refractivity contribution in [2.75, 3.05) is 6.54 Å². The Labute approximate surface area is 184 Å². The Bertz CT molecular complexity index is 1090. The number of carbonyl (C=O) groups excluding carboxylic acids is 1. The molecular weight excluding hydrogens is 417 g/mol. The van der Waals surface area contributed by atoms with E-state index in [1.165, 1.54) is 35.4 Å². The van der Waals surface area contributed by atoms with Crippen LogP contribution in [0.5, 0.6) is 0 Å². The van der Waals surface area contributed by atoms with Crippen molar-refractivity contribution in [2.24, 2.45) is 0 Å². The average Bonchev–Trinajstić information content (AvgIpc) is 3.37. The lowest BCUT2D eigenvalue weighted by Gasteiger charge is -2.37. The van der Waals surface area contributed by atoms with Crippen molar-refractivity contribution in [1.82, 2.24) is 24.9 Å². The third-order valence-corrected chi connectivity index (χ3v) is 6.84. The average molecular weight is 444 g/mol. The molecule has 9 heteroatoms. The quantitative estimate of drug-likeness (QED) is 0.663. The van der Waals surface area contributed by atoms with Crippen molar-refractivity contribution in [2.45, 2.75) is 58.1 Å². The van der Waals surface area contributed by atoms with Gasteiger partial charge in [-0.25, -0.2) is 9.37 Å². The number of likely N-dealkylation sites (tertiary alicyclic amines) is 1. The number of benzene rings is 1. The van der Waals surface area contributed by atoms with Gasteiger partial charge >= 0.3 is 0 Å². The van der Waals surface area contributed by atoms with Crippen LogP contribution in [0.1, 0.15) is 65.5 Å². The summed E-state index contributed by atoms with van der Waals surface area (Å²) >= 11 is 1.58. The van der Waals surface area contributed by atoms with Gasteiger partial charge in [0.05, 0.1) is 28.7 Å². The highest BCUT2D eigenvalue weighted by Gasteiger charge is 2.34. The van der Waals surface area contributed by atoms with Crippen molar-refractivity contribution in [1.29, 1.82) is 0 Å². The Morgan fingerprint density at radius 3 is 2.61 bits per heavy atom. The van der Waals surface area contributed by atoms with Gasteiger partial charge in [0.1, 0.15) is 17.1 Å². The van der Waals surface area contributed by atoms with Crippen LogP contribution in [0.4, 0.5) is 4.39 Å². The van der Waals surface area contributed by atoms with Crippen molar-refractivity contribution in [3.05, 3.63) is 57.6 Å². The van der Waals surface area contributed by atoms with Crippen LogP contribution in [-0.2, 0) is 5.60 Å². The lowest BCUT2D eigenvalue weighted by molar-refractivity contribution is 0.0604. The maximum atomic E-state index is 13.9. The highest BCUT2D eigenvalue weighted by Crippen LogP contribution is 2.37. The second kappa shape index (κ2) is 8.12. The highest BCUT2D eigenvalue weighted by molar-refractivity contribution is 7.11. The molecule has 1 N–H and O–H groups in total. The SMILES string of the molecule is Cc1sc([C@@H]2CC[C@@H](C)N(C(=O)c3ccc(F)cc3-n3nccn3)C2)nc1C(C)(C)O. The third kappa shape index (κ3) is 4.24. The van der Waals surface area contributed by atoms with E-state index in [4.69, 9.17) is 4.98 Å². The van der Waals surface area contributed by atoms with Gasteiger partial charge in [-0.3, -0.25) is 4.79 Å². The van der Waals surface area contributed by atoms with Crippen LogP contribution in [0.3, 0.4) is 0 Å². The zero-order valence-electron chi connectivity index (χ0n) is 18.0. The molecule has 0 aliphatic carbocycles. The molecule has 0 spiro atoms. The molecular formula is C22H26FN5O2S. The largest absolute Gasteiger partial charge is 0.384 e. The number of nitrogens with zero attached hydrogens (tertiary/aromatic N) is 5. The first-order valence-corrected chi connectivity index (χ1v) is 11.1. The molecule has 1 fully saturated rings. The molecule has 2 atom stereocenters. The number of hydrogen-bond acceptors (Lipinski definition) is 6. The summed E-state index contributed by atoms with van der Waals surface area (Å²) in [6.45, 7) is 7.97. The van der Waals surface area contributed by atoms with E-state index in [0.717, 1.165) is 22.7 Å². The second-order valence-corrected chi connectivity index (χ2v) is 9.81. The molecule has 1 aromatic carbocycles. The van der Waals surface area contributed by atoms with Crippen LogP contribution >= 0.6 is 11.3 Å². The minimum atomic E-state index is -1.00. The fraction of sp³-hybridized carbons (Fsp3) is 0.455. The van der Waals surface area contributed by atoms with Gasteiger partial charge in [0, 0.05) is 29.4 Å². The number of amides is 1. The fourth-order valence-corrected chi connectivity index (χ4v) is 5.30. The second-order valence-electron chi connectivity index (χ2n) is 8.58. The number of thiazole rings is 1. The van der Waals surface area contributed by atoms with Gasteiger partial charge in [0.15, 0.2) is 0 Å². The van der Waals surface area contributed by atoms with Crippen LogP contribution in [0.25, 0.3) is 5.69 Å². The Kier molecular flexibility index (Phi) is 5.65. The molecule has 4 rings (SSSR count). The van der Waals surface area contributed by atoms with E-state index < -0.39 is 11.4 Å². The molecule has 1 saturated heterocycles. The molecule has 3 aromatic rings. The van der Waals surface area contributed by atoms with Crippen LogP contribution in [0.15, 0.2) is 30.6 Å². The van der Waals surface area contributed by atoms with E-state index in [9.17, 15) is 14.3 Å². The maximum Gasteiger partial charge on any atom is 0.256 e. The number of carbonyl (C=O) groups is 1. The summed E-state index contributed by atoms with van der Waals surface area (Å²) in [4.78, 5) is 22.3. The van der Waals surface area contributed by atoms with Crippen LogP contribution < -0.4 is 0 Å². The predicted octanol–water partition coefficient (Wildman–Crippen LogP) is 3.81. The summed E-state index contributed by atoms with van der Waals surface area (Å²) < 4.78 is 13.9. The molecule has 0 unspecified atom stereocenters. The van der Waals surface area contributed by atoms with Gasteiger partial charge in [0.2, 0.25) is 0 Å². The zero-order chi connectivity index (χ0) is 22.3. The van der Waals surface area contributed by atoms with Crippen LogP contribution in [0.2, 0.25) is 0 Å². The summed E-state index contributed by atoms with van der Waals surface area (Å²) in [5.41, 5.74) is 0.363. The summed E-state index contributed by atoms with van der Waals surface area (Å²) in [6, 6.07) is 4.10. The minimum absolute atomic E-state index is 0.0436. The molecule has 7 nitrogen and oxygen atoms in total. The predicted molar refractivity (Wildman–Crippen MR) is 116 cm³/mol.